The first-order chi connectivity index (χ1) is 8.92. The van der Waals surface area contributed by atoms with Crippen LogP contribution < -0.4 is 0 Å². The summed E-state index contributed by atoms with van der Waals surface area (Å²) in [5, 5.41) is 9.91. The summed E-state index contributed by atoms with van der Waals surface area (Å²) in [4.78, 5) is 0.148. The summed E-state index contributed by atoms with van der Waals surface area (Å²) < 4.78 is 36.5. The molecule has 0 saturated carbocycles. The van der Waals surface area contributed by atoms with Crippen molar-refractivity contribution in [3.05, 3.63) is 29.8 Å². The van der Waals surface area contributed by atoms with Crippen LogP contribution in [0.3, 0.4) is 0 Å². The normalized spacial score (nSPS) is 13.5. The zero-order chi connectivity index (χ0) is 14.3. The number of aliphatic hydroxyl groups excluding tert-OH is 1. The maximum Gasteiger partial charge on any atom is 0.446 e. The third kappa shape index (κ3) is 6.87. The van der Waals surface area contributed by atoms with E-state index < -0.39 is 11.6 Å². The monoisotopic (exact) mass is 292 g/mol. The van der Waals surface area contributed by atoms with Crippen LogP contribution in [0.25, 0.3) is 0 Å². The maximum absolute atomic E-state index is 12.2. The van der Waals surface area contributed by atoms with Crippen molar-refractivity contribution in [3.63, 3.8) is 0 Å². The van der Waals surface area contributed by atoms with Gasteiger partial charge >= 0.3 is 5.51 Å². The fourth-order valence-electron chi connectivity index (χ4n) is 1.82. The first-order valence-electron chi connectivity index (χ1n) is 6.46. The number of benzene rings is 1. The average Bonchev–Trinajstić information content (AvgIpc) is 2.33. The van der Waals surface area contributed by atoms with E-state index in [1.165, 1.54) is 12.1 Å². The Morgan fingerprint density at radius 3 is 2.26 bits per heavy atom. The summed E-state index contributed by atoms with van der Waals surface area (Å²) >= 11 is -0.136. The lowest BCUT2D eigenvalue weighted by molar-refractivity contribution is -0.0328. The first-order valence-corrected chi connectivity index (χ1v) is 7.28. The molecule has 1 nitrogen and oxygen atoms in total. The third-order valence-electron chi connectivity index (χ3n) is 2.83. The lowest BCUT2D eigenvalue weighted by atomic mass is 10.0. The minimum Gasteiger partial charge on any atom is -0.388 e. The second-order valence-electron chi connectivity index (χ2n) is 4.48. The summed E-state index contributed by atoms with van der Waals surface area (Å²) in [6.07, 6.45) is 4.38. The van der Waals surface area contributed by atoms with E-state index in [0.29, 0.717) is 12.0 Å². The van der Waals surface area contributed by atoms with Crippen molar-refractivity contribution in [1.82, 2.24) is 0 Å². The van der Waals surface area contributed by atoms with E-state index in [4.69, 9.17) is 0 Å². The van der Waals surface area contributed by atoms with Crippen LogP contribution in [0.2, 0.25) is 0 Å². The van der Waals surface area contributed by atoms with Gasteiger partial charge in [-0.2, -0.15) is 13.2 Å². The van der Waals surface area contributed by atoms with Crippen LogP contribution in [0.1, 0.15) is 50.7 Å². The Labute approximate surface area is 116 Å². The molecule has 1 unspecified atom stereocenters. The van der Waals surface area contributed by atoms with Crippen LogP contribution in [0.4, 0.5) is 13.2 Å². The molecular formula is C14H19F3OS. The molecule has 0 radical (unpaired) electrons. The molecule has 19 heavy (non-hydrogen) atoms. The quantitative estimate of drug-likeness (QED) is 0.543. The third-order valence-corrected chi connectivity index (χ3v) is 3.57. The fourth-order valence-corrected chi connectivity index (χ4v) is 2.36. The smallest absolute Gasteiger partial charge is 0.388 e. The molecule has 0 amide bonds. The summed E-state index contributed by atoms with van der Waals surface area (Å²) in [5.74, 6) is 0. The van der Waals surface area contributed by atoms with Crippen LogP contribution >= 0.6 is 11.8 Å². The van der Waals surface area contributed by atoms with E-state index in [0.717, 1.165) is 25.7 Å². The molecule has 0 fully saturated rings. The molecule has 0 aromatic heterocycles. The van der Waals surface area contributed by atoms with Crippen molar-refractivity contribution in [3.8, 4) is 0 Å². The topological polar surface area (TPSA) is 20.2 Å². The molecule has 1 N–H and O–H groups in total. The Morgan fingerprint density at radius 1 is 1.11 bits per heavy atom. The number of hydrogen-bond donors (Lipinski definition) is 1. The van der Waals surface area contributed by atoms with E-state index >= 15 is 0 Å². The van der Waals surface area contributed by atoms with E-state index in [1.807, 2.05) is 0 Å². The molecule has 0 aliphatic heterocycles. The highest BCUT2D eigenvalue weighted by atomic mass is 32.2. The zero-order valence-corrected chi connectivity index (χ0v) is 11.7. The molecule has 1 aromatic carbocycles. The van der Waals surface area contributed by atoms with Gasteiger partial charge in [-0.25, -0.2) is 0 Å². The van der Waals surface area contributed by atoms with Crippen LogP contribution in [0, 0.1) is 0 Å². The van der Waals surface area contributed by atoms with Gasteiger partial charge in [0.1, 0.15) is 0 Å². The van der Waals surface area contributed by atoms with Crippen molar-refractivity contribution in [1.29, 1.82) is 0 Å². The van der Waals surface area contributed by atoms with Gasteiger partial charge in [0, 0.05) is 4.90 Å². The lowest BCUT2D eigenvalue weighted by Crippen LogP contribution is -2.00. The van der Waals surface area contributed by atoms with Crippen LogP contribution in [-0.2, 0) is 0 Å². The van der Waals surface area contributed by atoms with E-state index in [2.05, 4.69) is 6.92 Å². The fraction of sp³-hybridized carbons (Fsp3) is 0.571. The molecule has 1 aromatic rings. The molecule has 1 rings (SSSR count). The average molecular weight is 292 g/mol. The zero-order valence-electron chi connectivity index (χ0n) is 10.9. The van der Waals surface area contributed by atoms with Crippen LogP contribution in [0.15, 0.2) is 29.2 Å². The summed E-state index contributed by atoms with van der Waals surface area (Å²) in [6.45, 7) is 2.12. The lowest BCUT2D eigenvalue weighted by Gasteiger charge is -2.12. The Morgan fingerprint density at radius 2 is 1.74 bits per heavy atom. The van der Waals surface area contributed by atoms with Crippen molar-refractivity contribution >= 4 is 11.8 Å². The van der Waals surface area contributed by atoms with Gasteiger partial charge in [0.15, 0.2) is 0 Å². The summed E-state index contributed by atoms with van der Waals surface area (Å²) in [6, 6.07) is 5.95. The Bertz CT molecular complexity index is 362. The van der Waals surface area contributed by atoms with Crippen LogP contribution in [0.5, 0.6) is 0 Å². The van der Waals surface area contributed by atoms with Crippen molar-refractivity contribution in [2.24, 2.45) is 0 Å². The molecule has 0 saturated heterocycles. The summed E-state index contributed by atoms with van der Waals surface area (Å²) in [7, 11) is 0. The molecular weight excluding hydrogens is 273 g/mol. The molecule has 1 atom stereocenters. The number of thioether (sulfide) groups is 1. The minimum atomic E-state index is -4.26. The van der Waals surface area contributed by atoms with Crippen molar-refractivity contribution in [2.75, 3.05) is 0 Å². The van der Waals surface area contributed by atoms with Gasteiger partial charge in [0.25, 0.3) is 0 Å². The molecule has 108 valence electrons. The number of rotatable bonds is 7. The van der Waals surface area contributed by atoms with Crippen LogP contribution in [-0.4, -0.2) is 10.6 Å². The Balaban J connectivity index is 2.46. The molecule has 5 heteroatoms. The first kappa shape index (κ1) is 16.4. The number of alkyl halides is 3. The maximum atomic E-state index is 12.2. The number of halogens is 3. The minimum absolute atomic E-state index is 0.136. The van der Waals surface area contributed by atoms with E-state index in [-0.39, 0.29) is 16.7 Å². The van der Waals surface area contributed by atoms with E-state index in [9.17, 15) is 18.3 Å². The van der Waals surface area contributed by atoms with E-state index in [1.54, 1.807) is 12.1 Å². The van der Waals surface area contributed by atoms with Gasteiger partial charge in [0.05, 0.1) is 6.10 Å². The molecule has 0 bridgehead atoms. The highest BCUT2D eigenvalue weighted by molar-refractivity contribution is 8.00. The SMILES string of the molecule is CCCCCCC(O)c1ccc(SC(F)(F)F)cc1. The van der Waals surface area contributed by atoms with Crippen molar-refractivity contribution in [2.45, 2.75) is 55.5 Å². The predicted molar refractivity (Wildman–Crippen MR) is 72.1 cm³/mol. The van der Waals surface area contributed by atoms with Gasteiger partial charge < -0.3 is 5.11 Å². The molecule has 0 heterocycles. The number of hydrogen-bond acceptors (Lipinski definition) is 2. The van der Waals surface area contributed by atoms with Gasteiger partial charge in [-0.3, -0.25) is 0 Å². The highest BCUT2D eigenvalue weighted by Gasteiger charge is 2.29. The largest absolute Gasteiger partial charge is 0.446 e. The van der Waals surface area contributed by atoms with Crippen molar-refractivity contribution < 1.29 is 18.3 Å². The molecule has 0 spiro atoms. The van der Waals surface area contributed by atoms with Gasteiger partial charge in [-0.1, -0.05) is 44.7 Å². The van der Waals surface area contributed by atoms with Gasteiger partial charge in [-0.05, 0) is 35.9 Å². The Kier molecular flexibility index (Phi) is 6.72. The second-order valence-corrected chi connectivity index (χ2v) is 5.62. The molecule has 0 aliphatic rings. The highest BCUT2D eigenvalue weighted by Crippen LogP contribution is 2.37. The summed E-state index contributed by atoms with van der Waals surface area (Å²) in [5.41, 5.74) is -3.58. The number of unbranched alkanes of at least 4 members (excludes halogenated alkanes) is 3. The van der Waals surface area contributed by atoms with Gasteiger partial charge in [0.2, 0.25) is 0 Å². The second kappa shape index (κ2) is 7.80. The predicted octanol–water partition coefficient (Wildman–Crippen LogP) is 5.30. The molecule has 0 aliphatic carbocycles. The Hall–Kier alpha value is -0.680. The number of aliphatic hydroxyl groups is 1. The standard InChI is InChI=1S/C14H19F3OS/c1-2-3-4-5-6-13(18)11-7-9-12(10-8-11)19-14(15,16)17/h7-10,13,18H,2-6H2,1H3. The van der Waals surface area contributed by atoms with Gasteiger partial charge in [-0.15, -0.1) is 0 Å².